The second kappa shape index (κ2) is 9.31. The molecule has 7 heteroatoms. The minimum absolute atomic E-state index is 0.00737. The van der Waals surface area contributed by atoms with Gasteiger partial charge >= 0.3 is 0 Å². The Hall–Kier alpha value is -2.54. The van der Waals surface area contributed by atoms with E-state index in [1.54, 1.807) is 23.1 Å². The van der Waals surface area contributed by atoms with Crippen molar-refractivity contribution >= 4 is 15.7 Å². The van der Waals surface area contributed by atoms with E-state index < -0.39 is 9.84 Å². The molecule has 1 atom stereocenters. The second-order valence-electron chi connectivity index (χ2n) is 7.00. The fourth-order valence-electron chi connectivity index (χ4n) is 3.52. The maximum atomic E-state index is 13.4. The van der Waals surface area contributed by atoms with Crippen LogP contribution in [0, 0.1) is 0 Å². The SMILES string of the molecule is CCOc1ccc(CN(C(=O)c2ccccc2OCC)[C@@H]2CCS(=O)(=O)C2)cc1. The molecule has 0 aromatic heterocycles. The highest BCUT2D eigenvalue weighted by molar-refractivity contribution is 7.91. The van der Waals surface area contributed by atoms with E-state index >= 15 is 0 Å². The first kappa shape index (κ1) is 21.2. The lowest BCUT2D eigenvalue weighted by Gasteiger charge is -2.29. The number of hydrogen-bond acceptors (Lipinski definition) is 5. The van der Waals surface area contributed by atoms with Gasteiger partial charge in [0.2, 0.25) is 0 Å². The largest absolute Gasteiger partial charge is 0.494 e. The zero-order valence-electron chi connectivity index (χ0n) is 16.8. The third-order valence-corrected chi connectivity index (χ3v) is 6.66. The van der Waals surface area contributed by atoms with E-state index in [1.807, 2.05) is 44.2 Å². The third kappa shape index (κ3) is 5.29. The molecule has 0 unspecified atom stereocenters. The Balaban J connectivity index is 1.90. The van der Waals surface area contributed by atoms with Crippen molar-refractivity contribution in [3.8, 4) is 11.5 Å². The summed E-state index contributed by atoms with van der Waals surface area (Å²) in [5.41, 5.74) is 1.37. The molecule has 1 fully saturated rings. The van der Waals surface area contributed by atoms with E-state index in [9.17, 15) is 13.2 Å². The van der Waals surface area contributed by atoms with Crippen LogP contribution < -0.4 is 9.47 Å². The molecule has 0 N–H and O–H groups in total. The fourth-order valence-corrected chi connectivity index (χ4v) is 5.25. The molecule has 0 aliphatic carbocycles. The summed E-state index contributed by atoms with van der Waals surface area (Å²) in [5, 5.41) is 0. The van der Waals surface area contributed by atoms with Crippen molar-refractivity contribution in [1.82, 2.24) is 4.90 Å². The lowest BCUT2D eigenvalue weighted by atomic mass is 10.1. The molecular formula is C22H27NO5S. The molecule has 0 bridgehead atoms. The Labute approximate surface area is 172 Å². The van der Waals surface area contributed by atoms with Crippen LogP contribution in [-0.2, 0) is 16.4 Å². The predicted molar refractivity (Wildman–Crippen MR) is 112 cm³/mol. The first-order valence-electron chi connectivity index (χ1n) is 9.88. The van der Waals surface area contributed by atoms with Crippen LogP contribution in [0.1, 0.15) is 36.2 Å². The summed E-state index contributed by atoms with van der Waals surface area (Å²) in [5.74, 6) is 1.16. The van der Waals surface area contributed by atoms with Gasteiger partial charge < -0.3 is 14.4 Å². The summed E-state index contributed by atoms with van der Waals surface area (Å²) in [6.45, 7) is 5.14. The molecule has 0 spiro atoms. The van der Waals surface area contributed by atoms with Gasteiger partial charge in [-0.05, 0) is 50.1 Å². The van der Waals surface area contributed by atoms with Gasteiger partial charge in [0.05, 0.1) is 30.3 Å². The quantitative estimate of drug-likeness (QED) is 0.659. The van der Waals surface area contributed by atoms with Gasteiger partial charge in [0.15, 0.2) is 9.84 Å². The summed E-state index contributed by atoms with van der Waals surface area (Å²) >= 11 is 0. The predicted octanol–water partition coefficient (Wildman–Crippen LogP) is 3.31. The van der Waals surface area contributed by atoms with E-state index in [1.165, 1.54) is 0 Å². The van der Waals surface area contributed by atoms with Crippen molar-refractivity contribution in [2.45, 2.75) is 32.9 Å². The van der Waals surface area contributed by atoms with Crippen LogP contribution in [0.2, 0.25) is 0 Å². The van der Waals surface area contributed by atoms with Crippen molar-refractivity contribution in [3.05, 3.63) is 59.7 Å². The number of sulfone groups is 1. The van der Waals surface area contributed by atoms with Gasteiger partial charge in [-0.3, -0.25) is 4.79 Å². The highest BCUT2D eigenvalue weighted by Crippen LogP contribution is 2.26. The molecule has 3 rings (SSSR count). The molecule has 0 radical (unpaired) electrons. The van der Waals surface area contributed by atoms with Gasteiger partial charge in [-0.2, -0.15) is 0 Å². The van der Waals surface area contributed by atoms with Gasteiger partial charge in [-0.25, -0.2) is 8.42 Å². The van der Waals surface area contributed by atoms with Crippen LogP contribution in [0.4, 0.5) is 0 Å². The Kier molecular flexibility index (Phi) is 6.79. The Morgan fingerprint density at radius 1 is 1.03 bits per heavy atom. The zero-order chi connectivity index (χ0) is 20.9. The Bertz CT molecular complexity index is 940. The molecule has 2 aromatic rings. The Morgan fingerprint density at radius 3 is 2.34 bits per heavy atom. The lowest BCUT2D eigenvalue weighted by molar-refractivity contribution is 0.0676. The first-order valence-corrected chi connectivity index (χ1v) is 11.7. The normalized spacial score (nSPS) is 17.7. The number of carbonyl (C=O) groups is 1. The van der Waals surface area contributed by atoms with E-state index in [4.69, 9.17) is 9.47 Å². The average Bonchev–Trinajstić information content (AvgIpc) is 3.07. The molecule has 1 aliphatic rings. The summed E-state index contributed by atoms with van der Waals surface area (Å²) in [7, 11) is -3.13. The van der Waals surface area contributed by atoms with Crippen molar-refractivity contribution in [2.75, 3.05) is 24.7 Å². The summed E-state index contributed by atoms with van der Waals surface area (Å²) in [6, 6.07) is 14.3. The van der Waals surface area contributed by atoms with Crippen LogP contribution in [0.25, 0.3) is 0 Å². The summed E-state index contributed by atoms with van der Waals surface area (Å²) in [6.07, 6.45) is 0.446. The number of benzene rings is 2. The van der Waals surface area contributed by atoms with Gasteiger partial charge in [0, 0.05) is 12.6 Å². The maximum Gasteiger partial charge on any atom is 0.258 e. The van der Waals surface area contributed by atoms with Crippen LogP contribution >= 0.6 is 0 Å². The molecular weight excluding hydrogens is 390 g/mol. The van der Waals surface area contributed by atoms with Crippen molar-refractivity contribution in [3.63, 3.8) is 0 Å². The second-order valence-corrected chi connectivity index (χ2v) is 9.22. The maximum absolute atomic E-state index is 13.4. The van der Waals surface area contributed by atoms with Gasteiger partial charge in [-0.1, -0.05) is 24.3 Å². The lowest BCUT2D eigenvalue weighted by Crippen LogP contribution is -2.40. The van der Waals surface area contributed by atoms with Gasteiger partial charge in [-0.15, -0.1) is 0 Å². The number of rotatable bonds is 8. The molecule has 1 amide bonds. The number of ether oxygens (including phenoxy) is 2. The number of amides is 1. The van der Waals surface area contributed by atoms with E-state index in [0.717, 1.165) is 11.3 Å². The number of nitrogens with zero attached hydrogens (tertiary/aromatic N) is 1. The average molecular weight is 418 g/mol. The van der Waals surface area contributed by atoms with Crippen LogP contribution in [0.5, 0.6) is 11.5 Å². The molecule has 1 saturated heterocycles. The first-order chi connectivity index (χ1) is 13.9. The van der Waals surface area contributed by atoms with Crippen molar-refractivity contribution < 1.29 is 22.7 Å². The molecule has 2 aromatic carbocycles. The minimum Gasteiger partial charge on any atom is -0.494 e. The van der Waals surface area contributed by atoms with E-state index in [0.29, 0.717) is 37.5 Å². The number of carbonyl (C=O) groups excluding carboxylic acids is 1. The summed E-state index contributed by atoms with van der Waals surface area (Å²) < 4.78 is 35.2. The smallest absolute Gasteiger partial charge is 0.258 e. The van der Waals surface area contributed by atoms with Crippen molar-refractivity contribution in [2.24, 2.45) is 0 Å². The van der Waals surface area contributed by atoms with Crippen LogP contribution in [0.3, 0.4) is 0 Å². The monoisotopic (exact) mass is 417 g/mol. The molecule has 6 nitrogen and oxygen atoms in total. The summed E-state index contributed by atoms with van der Waals surface area (Å²) in [4.78, 5) is 15.1. The molecule has 0 saturated carbocycles. The minimum atomic E-state index is -3.13. The van der Waals surface area contributed by atoms with E-state index in [2.05, 4.69) is 0 Å². The molecule has 29 heavy (non-hydrogen) atoms. The number of hydrogen-bond donors (Lipinski definition) is 0. The standard InChI is InChI=1S/C22H27NO5S/c1-3-27-19-11-9-17(10-12-19)15-23(18-13-14-29(25,26)16-18)22(24)20-7-5-6-8-21(20)28-4-2/h5-12,18H,3-4,13-16H2,1-2H3/t18-/m1/s1. The molecule has 156 valence electrons. The topological polar surface area (TPSA) is 72.9 Å². The number of para-hydroxylation sites is 1. The third-order valence-electron chi connectivity index (χ3n) is 4.91. The van der Waals surface area contributed by atoms with Crippen LogP contribution in [0.15, 0.2) is 48.5 Å². The Morgan fingerprint density at radius 2 is 1.72 bits per heavy atom. The molecule has 1 heterocycles. The zero-order valence-corrected chi connectivity index (χ0v) is 17.7. The van der Waals surface area contributed by atoms with Gasteiger partial charge in [0.1, 0.15) is 11.5 Å². The van der Waals surface area contributed by atoms with Crippen molar-refractivity contribution in [1.29, 1.82) is 0 Å². The fraction of sp³-hybridized carbons (Fsp3) is 0.409. The van der Waals surface area contributed by atoms with Gasteiger partial charge in [0.25, 0.3) is 5.91 Å². The van der Waals surface area contributed by atoms with Crippen LogP contribution in [-0.4, -0.2) is 50.0 Å². The highest BCUT2D eigenvalue weighted by Gasteiger charge is 2.35. The molecule has 1 aliphatic heterocycles. The van der Waals surface area contributed by atoms with E-state index in [-0.39, 0.29) is 23.5 Å². The highest BCUT2D eigenvalue weighted by atomic mass is 32.2.